The Labute approximate surface area is 130 Å². The van der Waals surface area contributed by atoms with Crippen LogP contribution >= 0.6 is 0 Å². The molecule has 0 radical (unpaired) electrons. The Hall–Kier alpha value is -3.29. The van der Waals surface area contributed by atoms with Gasteiger partial charge >= 0.3 is 0 Å². The molecule has 8 nitrogen and oxygen atoms in total. The van der Waals surface area contributed by atoms with Crippen LogP contribution in [0, 0.1) is 20.2 Å². The molecule has 1 aliphatic heterocycles. The number of nitrogens with one attached hydrogen (secondary N) is 1. The smallest absolute Gasteiger partial charge is 0.299 e. The van der Waals surface area contributed by atoms with E-state index in [4.69, 9.17) is 0 Å². The predicted molar refractivity (Wildman–Crippen MR) is 81.5 cm³/mol. The first kappa shape index (κ1) is 14.6. The van der Waals surface area contributed by atoms with Crippen LogP contribution in [-0.2, 0) is 5.54 Å². The second-order valence-corrected chi connectivity index (χ2v) is 5.35. The molecule has 1 unspecified atom stereocenters. The molecule has 0 aliphatic carbocycles. The predicted octanol–water partition coefficient (Wildman–Crippen LogP) is 3.03. The second-order valence-electron chi connectivity index (χ2n) is 5.35. The summed E-state index contributed by atoms with van der Waals surface area (Å²) in [5.74, 6) is -0.439. The maximum absolute atomic E-state index is 12.8. The largest absolute Gasteiger partial charge is 0.363 e. The fourth-order valence-corrected chi connectivity index (χ4v) is 2.72. The average molecular weight is 313 g/mol. The van der Waals surface area contributed by atoms with Crippen molar-refractivity contribution < 1.29 is 14.6 Å². The minimum Gasteiger partial charge on any atom is -0.363 e. The van der Waals surface area contributed by atoms with Gasteiger partial charge in [0.1, 0.15) is 11.2 Å². The molecule has 2 aromatic carbocycles. The highest BCUT2D eigenvalue weighted by atomic mass is 16.6. The highest BCUT2D eigenvalue weighted by Gasteiger charge is 2.46. The Kier molecular flexibility index (Phi) is 3.10. The molecule has 0 bridgehead atoms. The Balaban J connectivity index is 2.21. The number of fused-ring (bicyclic) bond motifs is 1. The van der Waals surface area contributed by atoms with Crippen molar-refractivity contribution in [2.45, 2.75) is 12.5 Å². The van der Waals surface area contributed by atoms with Crippen LogP contribution in [-0.4, -0.2) is 15.6 Å². The summed E-state index contributed by atoms with van der Waals surface area (Å²) in [6.45, 7) is 1.60. The van der Waals surface area contributed by atoms with Crippen LogP contribution < -0.4 is 5.32 Å². The molecular formula is C15H11N3O5. The maximum atomic E-state index is 12.8. The fourth-order valence-electron chi connectivity index (χ4n) is 2.72. The quantitative estimate of drug-likeness (QED) is 0.687. The standard InChI is InChI=1S/C15H11N3O5/c1-15(9-5-3-2-4-6-9)14(19)11-7-10(17(20)21)8-12(18(22)23)13(11)16-15/h2-8,16H,1H3. The summed E-state index contributed by atoms with van der Waals surface area (Å²) in [5, 5.41) is 25.1. The van der Waals surface area contributed by atoms with E-state index in [1.54, 1.807) is 37.3 Å². The van der Waals surface area contributed by atoms with E-state index < -0.39 is 32.5 Å². The Morgan fingerprint density at radius 1 is 1.04 bits per heavy atom. The number of hydrogen-bond acceptors (Lipinski definition) is 6. The van der Waals surface area contributed by atoms with E-state index in [0.29, 0.717) is 5.56 Å². The molecule has 0 aromatic heterocycles. The van der Waals surface area contributed by atoms with Gasteiger partial charge < -0.3 is 5.32 Å². The average Bonchev–Trinajstić information content (AvgIpc) is 2.80. The van der Waals surface area contributed by atoms with Gasteiger partial charge in [0.25, 0.3) is 11.4 Å². The molecule has 0 spiro atoms. The van der Waals surface area contributed by atoms with Gasteiger partial charge in [-0.2, -0.15) is 0 Å². The number of nitro groups is 2. The second kappa shape index (κ2) is 4.87. The van der Waals surface area contributed by atoms with Gasteiger partial charge in [-0.1, -0.05) is 30.3 Å². The number of anilines is 1. The van der Waals surface area contributed by atoms with Gasteiger partial charge in [-0.25, -0.2) is 0 Å². The Bertz CT molecular complexity index is 850. The van der Waals surface area contributed by atoms with E-state index in [0.717, 1.165) is 12.1 Å². The van der Waals surface area contributed by atoms with Gasteiger partial charge in [0.15, 0.2) is 5.78 Å². The molecule has 0 saturated heterocycles. The van der Waals surface area contributed by atoms with Gasteiger partial charge in [-0.15, -0.1) is 0 Å². The summed E-state index contributed by atoms with van der Waals surface area (Å²) >= 11 is 0. The van der Waals surface area contributed by atoms with Gasteiger partial charge in [0, 0.05) is 6.07 Å². The fraction of sp³-hybridized carbons (Fsp3) is 0.133. The number of Topliss-reactive ketones (excluding diaryl/α,β-unsaturated/α-hetero) is 1. The molecule has 3 rings (SSSR count). The molecule has 23 heavy (non-hydrogen) atoms. The summed E-state index contributed by atoms with van der Waals surface area (Å²) in [5.41, 5.74) is -1.58. The topological polar surface area (TPSA) is 115 Å². The molecular weight excluding hydrogens is 302 g/mol. The number of rotatable bonds is 3. The van der Waals surface area contributed by atoms with Gasteiger partial charge in [-0.3, -0.25) is 25.0 Å². The highest BCUT2D eigenvalue weighted by molar-refractivity contribution is 6.15. The van der Waals surface area contributed by atoms with Crippen LogP contribution in [0.15, 0.2) is 42.5 Å². The summed E-state index contributed by atoms with van der Waals surface area (Å²) in [6.07, 6.45) is 0. The third-order valence-electron chi connectivity index (χ3n) is 3.93. The van der Waals surface area contributed by atoms with E-state index in [1.807, 2.05) is 0 Å². The number of non-ortho nitro benzene ring substituents is 1. The van der Waals surface area contributed by atoms with E-state index in [2.05, 4.69) is 5.32 Å². The van der Waals surface area contributed by atoms with Crippen LogP contribution in [0.2, 0.25) is 0 Å². The molecule has 0 fully saturated rings. The normalized spacial score (nSPS) is 19.1. The zero-order chi connectivity index (χ0) is 16.8. The van der Waals surface area contributed by atoms with Crippen LogP contribution in [0.5, 0.6) is 0 Å². The monoisotopic (exact) mass is 313 g/mol. The van der Waals surface area contributed by atoms with Crippen LogP contribution in [0.4, 0.5) is 17.1 Å². The molecule has 8 heteroatoms. The zero-order valence-corrected chi connectivity index (χ0v) is 12.0. The lowest BCUT2D eigenvalue weighted by Crippen LogP contribution is -2.34. The highest BCUT2D eigenvalue weighted by Crippen LogP contribution is 2.45. The first-order chi connectivity index (χ1) is 10.8. The molecule has 2 aromatic rings. The first-order valence-electron chi connectivity index (χ1n) is 6.70. The number of benzene rings is 2. The van der Waals surface area contributed by atoms with Crippen molar-refractivity contribution in [3.8, 4) is 0 Å². The van der Waals surface area contributed by atoms with Gasteiger partial charge in [-0.05, 0) is 12.5 Å². The number of hydrogen-bond donors (Lipinski definition) is 1. The van der Waals surface area contributed by atoms with E-state index in [-0.39, 0.29) is 11.3 Å². The molecule has 1 aliphatic rings. The molecule has 0 saturated carbocycles. The van der Waals surface area contributed by atoms with Crippen LogP contribution in [0.25, 0.3) is 0 Å². The number of nitro benzene ring substituents is 2. The number of nitrogens with zero attached hydrogens (tertiary/aromatic N) is 2. The lowest BCUT2D eigenvalue weighted by Gasteiger charge is -2.23. The number of carbonyl (C=O) groups excluding carboxylic acids is 1. The lowest BCUT2D eigenvalue weighted by atomic mass is 9.88. The van der Waals surface area contributed by atoms with Crippen molar-refractivity contribution in [2.24, 2.45) is 0 Å². The molecule has 1 heterocycles. The number of carbonyl (C=O) groups is 1. The SMILES string of the molecule is CC1(c2ccccc2)Nc2c(cc([N+](=O)[O-])cc2[N+](=O)[O-])C1=O. The van der Waals surface area contributed by atoms with Crippen LogP contribution in [0.3, 0.4) is 0 Å². The molecule has 0 amide bonds. The van der Waals surface area contributed by atoms with Crippen LogP contribution in [0.1, 0.15) is 22.8 Å². The summed E-state index contributed by atoms with van der Waals surface area (Å²) in [6, 6.07) is 10.6. The number of ketones is 1. The summed E-state index contributed by atoms with van der Waals surface area (Å²) in [7, 11) is 0. The summed E-state index contributed by atoms with van der Waals surface area (Å²) in [4.78, 5) is 33.5. The van der Waals surface area contributed by atoms with E-state index in [9.17, 15) is 25.0 Å². The maximum Gasteiger partial charge on any atom is 0.299 e. The van der Waals surface area contributed by atoms with Crippen molar-refractivity contribution in [1.29, 1.82) is 0 Å². The zero-order valence-electron chi connectivity index (χ0n) is 12.0. The van der Waals surface area contributed by atoms with E-state index >= 15 is 0 Å². The van der Waals surface area contributed by atoms with Crippen molar-refractivity contribution in [1.82, 2.24) is 0 Å². The molecule has 116 valence electrons. The minimum absolute atomic E-state index is 0.0111. The third-order valence-corrected chi connectivity index (χ3v) is 3.93. The Morgan fingerprint density at radius 3 is 2.26 bits per heavy atom. The lowest BCUT2D eigenvalue weighted by molar-refractivity contribution is -0.393. The van der Waals surface area contributed by atoms with Gasteiger partial charge in [0.2, 0.25) is 0 Å². The molecule has 1 N–H and O–H groups in total. The molecule has 1 atom stereocenters. The van der Waals surface area contributed by atoms with Crippen molar-refractivity contribution >= 4 is 22.8 Å². The van der Waals surface area contributed by atoms with Crippen molar-refractivity contribution in [2.75, 3.05) is 5.32 Å². The Morgan fingerprint density at radius 2 is 1.70 bits per heavy atom. The van der Waals surface area contributed by atoms with Crippen molar-refractivity contribution in [3.05, 3.63) is 73.8 Å². The first-order valence-corrected chi connectivity index (χ1v) is 6.70. The third kappa shape index (κ3) is 2.11. The van der Waals surface area contributed by atoms with Gasteiger partial charge in [0.05, 0.1) is 21.5 Å². The van der Waals surface area contributed by atoms with E-state index in [1.165, 1.54) is 0 Å². The summed E-state index contributed by atoms with van der Waals surface area (Å²) < 4.78 is 0. The minimum atomic E-state index is -1.20. The van der Waals surface area contributed by atoms with Crippen molar-refractivity contribution in [3.63, 3.8) is 0 Å².